The molecule has 0 aliphatic rings. The quantitative estimate of drug-likeness (QED) is 0.758. The lowest BCUT2D eigenvalue weighted by Gasteiger charge is -2.14. The zero-order valence-corrected chi connectivity index (χ0v) is 11.8. The zero-order chi connectivity index (χ0) is 12.7. The van der Waals surface area contributed by atoms with Crippen molar-refractivity contribution in [3.8, 4) is 0 Å². The van der Waals surface area contributed by atoms with Crippen LogP contribution in [0.5, 0.6) is 0 Å². The van der Waals surface area contributed by atoms with Crippen molar-refractivity contribution in [3.05, 3.63) is 33.8 Å². The molecular formula is C13H19Cl2NO. The molecular weight excluding hydrogens is 257 g/mol. The average Bonchev–Trinajstić information content (AvgIpc) is 2.32. The largest absolute Gasteiger partial charge is 0.382 e. The normalized spacial score (nSPS) is 12.7. The summed E-state index contributed by atoms with van der Waals surface area (Å²) >= 11 is 11.9. The Balaban J connectivity index is 2.36. The molecule has 17 heavy (non-hydrogen) atoms. The first kappa shape index (κ1) is 14.8. The highest BCUT2D eigenvalue weighted by Gasteiger charge is 2.06. The van der Waals surface area contributed by atoms with E-state index >= 15 is 0 Å². The molecule has 2 nitrogen and oxygen atoms in total. The lowest BCUT2D eigenvalue weighted by Crippen LogP contribution is -2.21. The van der Waals surface area contributed by atoms with Crippen LogP contribution in [0, 0.1) is 0 Å². The van der Waals surface area contributed by atoms with E-state index in [0.29, 0.717) is 10.0 Å². The predicted molar refractivity (Wildman–Crippen MR) is 74.0 cm³/mol. The fourth-order valence-corrected chi connectivity index (χ4v) is 1.84. The third-order valence-electron chi connectivity index (χ3n) is 2.56. The summed E-state index contributed by atoms with van der Waals surface area (Å²) in [4.78, 5) is 0. The van der Waals surface area contributed by atoms with E-state index in [1.807, 2.05) is 25.1 Å². The van der Waals surface area contributed by atoms with Crippen LogP contribution in [0.15, 0.2) is 18.2 Å². The van der Waals surface area contributed by atoms with E-state index in [9.17, 15) is 0 Å². The lowest BCUT2D eigenvalue weighted by molar-refractivity contribution is 0.144. The van der Waals surface area contributed by atoms with E-state index in [0.717, 1.165) is 31.7 Å². The van der Waals surface area contributed by atoms with Gasteiger partial charge in [0.15, 0.2) is 0 Å². The molecule has 0 saturated heterocycles. The van der Waals surface area contributed by atoms with Crippen LogP contribution in [0.4, 0.5) is 0 Å². The van der Waals surface area contributed by atoms with Crippen LogP contribution in [0.3, 0.4) is 0 Å². The molecule has 0 fully saturated rings. The van der Waals surface area contributed by atoms with Gasteiger partial charge >= 0.3 is 0 Å². The second kappa shape index (κ2) is 7.93. The van der Waals surface area contributed by atoms with Crippen LogP contribution in [0.1, 0.15) is 31.9 Å². The lowest BCUT2D eigenvalue weighted by atomic mass is 10.1. The Labute approximate surface area is 113 Å². The Morgan fingerprint density at radius 1 is 1.29 bits per heavy atom. The van der Waals surface area contributed by atoms with E-state index in [1.54, 1.807) is 0 Å². The predicted octanol–water partition coefficient (Wildman–Crippen LogP) is 4.07. The second-order valence-electron chi connectivity index (χ2n) is 3.90. The maximum absolute atomic E-state index is 5.98. The summed E-state index contributed by atoms with van der Waals surface area (Å²) in [6.45, 7) is 6.63. The van der Waals surface area contributed by atoms with Gasteiger partial charge in [0.2, 0.25) is 0 Å². The van der Waals surface area contributed by atoms with Crippen LogP contribution in [0.2, 0.25) is 10.0 Å². The second-order valence-corrected chi connectivity index (χ2v) is 4.71. The van der Waals surface area contributed by atoms with E-state index in [2.05, 4.69) is 12.2 Å². The Bertz CT molecular complexity index is 344. The first-order valence-corrected chi connectivity index (χ1v) is 6.66. The van der Waals surface area contributed by atoms with Crippen molar-refractivity contribution >= 4 is 23.2 Å². The highest BCUT2D eigenvalue weighted by molar-refractivity contribution is 6.42. The molecule has 0 radical (unpaired) electrons. The van der Waals surface area contributed by atoms with Crippen molar-refractivity contribution in [3.63, 3.8) is 0 Å². The summed E-state index contributed by atoms with van der Waals surface area (Å²) in [6.07, 6.45) is 1.01. The van der Waals surface area contributed by atoms with Gasteiger partial charge in [-0.15, -0.1) is 0 Å². The molecule has 1 unspecified atom stereocenters. The van der Waals surface area contributed by atoms with Crippen molar-refractivity contribution in [2.45, 2.75) is 26.3 Å². The summed E-state index contributed by atoms with van der Waals surface area (Å²) in [7, 11) is 0. The number of nitrogens with one attached hydrogen (secondary N) is 1. The molecule has 0 bridgehead atoms. The fraction of sp³-hybridized carbons (Fsp3) is 0.538. The standard InChI is InChI=1S/C13H19Cl2NO/c1-3-17-8-4-7-16-10(2)11-5-6-12(14)13(15)9-11/h5-6,9-10,16H,3-4,7-8H2,1-2H3. The van der Waals surface area contributed by atoms with Gasteiger partial charge in [-0.3, -0.25) is 0 Å². The highest BCUT2D eigenvalue weighted by Crippen LogP contribution is 2.25. The Morgan fingerprint density at radius 2 is 2.06 bits per heavy atom. The van der Waals surface area contributed by atoms with Gasteiger partial charge in [0, 0.05) is 19.3 Å². The molecule has 0 spiro atoms. The Kier molecular flexibility index (Phi) is 6.90. The van der Waals surface area contributed by atoms with Crippen molar-refractivity contribution in [1.29, 1.82) is 0 Å². The smallest absolute Gasteiger partial charge is 0.0595 e. The number of rotatable bonds is 7. The average molecular weight is 276 g/mol. The third-order valence-corrected chi connectivity index (χ3v) is 3.30. The molecule has 4 heteroatoms. The third kappa shape index (κ3) is 5.26. The molecule has 0 saturated carbocycles. The molecule has 0 aromatic heterocycles. The topological polar surface area (TPSA) is 21.3 Å². The SMILES string of the molecule is CCOCCCNC(C)c1ccc(Cl)c(Cl)c1. The van der Waals surface area contributed by atoms with E-state index in [1.165, 1.54) is 0 Å². The maximum atomic E-state index is 5.98. The minimum absolute atomic E-state index is 0.270. The fourth-order valence-electron chi connectivity index (χ4n) is 1.54. The molecule has 0 amide bonds. The van der Waals surface area contributed by atoms with Crippen LogP contribution < -0.4 is 5.32 Å². The Morgan fingerprint density at radius 3 is 2.71 bits per heavy atom. The maximum Gasteiger partial charge on any atom is 0.0595 e. The molecule has 1 aromatic rings. The molecule has 1 aromatic carbocycles. The van der Waals surface area contributed by atoms with Gasteiger partial charge in [0.05, 0.1) is 10.0 Å². The molecule has 0 heterocycles. The highest BCUT2D eigenvalue weighted by atomic mass is 35.5. The zero-order valence-electron chi connectivity index (χ0n) is 10.3. The molecule has 1 N–H and O–H groups in total. The summed E-state index contributed by atoms with van der Waals surface area (Å²) in [6, 6.07) is 6.00. The van der Waals surface area contributed by atoms with Gasteiger partial charge in [-0.05, 0) is 44.5 Å². The minimum atomic E-state index is 0.270. The van der Waals surface area contributed by atoms with Gasteiger partial charge < -0.3 is 10.1 Å². The van der Waals surface area contributed by atoms with Gasteiger partial charge in [-0.2, -0.15) is 0 Å². The monoisotopic (exact) mass is 275 g/mol. The van der Waals surface area contributed by atoms with E-state index in [-0.39, 0.29) is 6.04 Å². The summed E-state index contributed by atoms with van der Waals surface area (Å²) in [5, 5.41) is 4.62. The number of benzene rings is 1. The number of hydrogen-bond donors (Lipinski definition) is 1. The van der Waals surface area contributed by atoms with Gasteiger partial charge in [0.1, 0.15) is 0 Å². The van der Waals surface area contributed by atoms with Crippen molar-refractivity contribution in [1.82, 2.24) is 5.32 Å². The molecule has 96 valence electrons. The number of ether oxygens (including phenoxy) is 1. The summed E-state index contributed by atoms with van der Waals surface area (Å²) in [5.41, 5.74) is 1.15. The van der Waals surface area contributed by atoms with Gasteiger partial charge in [0.25, 0.3) is 0 Å². The molecule has 0 aliphatic heterocycles. The van der Waals surface area contributed by atoms with E-state index < -0.39 is 0 Å². The molecule has 1 atom stereocenters. The van der Waals surface area contributed by atoms with Gasteiger partial charge in [-0.25, -0.2) is 0 Å². The number of halogens is 2. The van der Waals surface area contributed by atoms with Crippen molar-refractivity contribution < 1.29 is 4.74 Å². The van der Waals surface area contributed by atoms with Crippen LogP contribution in [0.25, 0.3) is 0 Å². The van der Waals surface area contributed by atoms with Crippen LogP contribution >= 0.6 is 23.2 Å². The van der Waals surface area contributed by atoms with Crippen LogP contribution in [-0.2, 0) is 4.74 Å². The first-order chi connectivity index (χ1) is 8.15. The molecule has 0 aliphatic carbocycles. The number of hydrogen-bond acceptors (Lipinski definition) is 2. The van der Waals surface area contributed by atoms with Crippen molar-refractivity contribution in [2.75, 3.05) is 19.8 Å². The molecule has 1 rings (SSSR count). The van der Waals surface area contributed by atoms with E-state index in [4.69, 9.17) is 27.9 Å². The minimum Gasteiger partial charge on any atom is -0.382 e. The first-order valence-electron chi connectivity index (χ1n) is 5.91. The van der Waals surface area contributed by atoms with Crippen molar-refractivity contribution in [2.24, 2.45) is 0 Å². The van der Waals surface area contributed by atoms with Crippen LogP contribution in [-0.4, -0.2) is 19.8 Å². The summed E-state index contributed by atoms with van der Waals surface area (Å²) in [5.74, 6) is 0. The van der Waals surface area contributed by atoms with Gasteiger partial charge in [-0.1, -0.05) is 29.3 Å². The Hall–Kier alpha value is -0.280. The summed E-state index contributed by atoms with van der Waals surface area (Å²) < 4.78 is 5.28.